The molecule has 0 amide bonds. The summed E-state index contributed by atoms with van der Waals surface area (Å²) in [5, 5.41) is 14.7. The first-order chi connectivity index (χ1) is 17.6. The van der Waals surface area contributed by atoms with E-state index < -0.39 is 5.97 Å². The molecule has 0 saturated carbocycles. The van der Waals surface area contributed by atoms with Crippen LogP contribution in [0.25, 0.3) is 26.8 Å². The summed E-state index contributed by atoms with van der Waals surface area (Å²) in [4.78, 5) is 18.9. The number of benzene rings is 2. The molecule has 36 heavy (non-hydrogen) atoms. The number of aromatic nitrogens is 3. The van der Waals surface area contributed by atoms with Gasteiger partial charge in [0.05, 0.1) is 17.5 Å². The Labute approximate surface area is 214 Å². The van der Waals surface area contributed by atoms with Crippen molar-refractivity contribution in [2.24, 2.45) is 0 Å². The first-order valence-corrected chi connectivity index (χ1v) is 13.1. The van der Waals surface area contributed by atoms with E-state index in [9.17, 15) is 4.79 Å². The van der Waals surface area contributed by atoms with Crippen LogP contribution in [0.15, 0.2) is 54.7 Å². The molecule has 3 heterocycles. The maximum Gasteiger partial charge on any atom is 0.335 e. The summed E-state index contributed by atoms with van der Waals surface area (Å²) in [6, 6.07) is 15.3. The van der Waals surface area contributed by atoms with E-state index in [1.165, 1.54) is 29.9 Å². The number of carboxylic acids is 1. The fourth-order valence-electron chi connectivity index (χ4n) is 4.47. The predicted molar refractivity (Wildman–Crippen MR) is 141 cm³/mol. The van der Waals surface area contributed by atoms with Crippen LogP contribution in [0.5, 0.6) is 0 Å². The van der Waals surface area contributed by atoms with Crippen LogP contribution in [0.1, 0.15) is 42.5 Å². The zero-order valence-corrected chi connectivity index (χ0v) is 21.1. The largest absolute Gasteiger partial charge is 0.478 e. The van der Waals surface area contributed by atoms with Gasteiger partial charge in [0.25, 0.3) is 0 Å². The number of hydrogen-bond donors (Lipinski definition) is 1. The molecule has 5 rings (SSSR count). The number of anilines is 1. The smallest absolute Gasteiger partial charge is 0.335 e. The van der Waals surface area contributed by atoms with Crippen LogP contribution in [0, 0.1) is 0 Å². The highest BCUT2D eigenvalue weighted by Gasteiger charge is 2.23. The zero-order chi connectivity index (χ0) is 24.9. The molecule has 1 aliphatic rings. The molecule has 1 aliphatic heterocycles. The predicted octanol–water partition coefficient (Wildman–Crippen LogP) is 5.58. The SMILES string of the molecule is COCCCCOC1CCCCN1c1ccc(-c2nn3cc(-c4ccc(C(=O)O)cc4)nc3s2)cc1. The Morgan fingerprint density at radius 3 is 2.53 bits per heavy atom. The number of carbonyl (C=O) groups is 1. The van der Waals surface area contributed by atoms with Crippen molar-refractivity contribution in [2.45, 2.75) is 38.3 Å². The fraction of sp³-hybridized carbons (Fsp3) is 0.370. The quantitative estimate of drug-likeness (QED) is 0.281. The maximum absolute atomic E-state index is 11.1. The maximum atomic E-state index is 11.1. The summed E-state index contributed by atoms with van der Waals surface area (Å²) in [7, 11) is 1.73. The van der Waals surface area contributed by atoms with Crippen LogP contribution < -0.4 is 4.90 Å². The summed E-state index contributed by atoms with van der Waals surface area (Å²) in [6.07, 6.45) is 7.46. The molecular weight excluding hydrogens is 476 g/mol. The molecule has 1 unspecified atom stereocenters. The van der Waals surface area contributed by atoms with Crippen LogP contribution >= 0.6 is 11.3 Å². The van der Waals surface area contributed by atoms with Gasteiger partial charge in [0, 0.05) is 43.7 Å². The van der Waals surface area contributed by atoms with Gasteiger partial charge in [-0.25, -0.2) is 14.3 Å². The lowest BCUT2D eigenvalue weighted by atomic mass is 10.1. The van der Waals surface area contributed by atoms with Gasteiger partial charge in [0.15, 0.2) is 0 Å². The number of unbranched alkanes of at least 4 members (excludes halogenated alkanes) is 1. The second kappa shape index (κ2) is 11.2. The average molecular weight is 507 g/mol. The van der Waals surface area contributed by atoms with Crippen molar-refractivity contribution in [3.05, 3.63) is 60.3 Å². The van der Waals surface area contributed by atoms with E-state index in [0.717, 1.165) is 65.8 Å². The lowest BCUT2D eigenvalue weighted by Gasteiger charge is -2.37. The van der Waals surface area contributed by atoms with E-state index >= 15 is 0 Å². The van der Waals surface area contributed by atoms with Gasteiger partial charge in [-0.2, -0.15) is 5.10 Å². The van der Waals surface area contributed by atoms with Gasteiger partial charge in [-0.1, -0.05) is 23.5 Å². The molecule has 1 saturated heterocycles. The summed E-state index contributed by atoms with van der Waals surface area (Å²) in [5.74, 6) is -0.939. The Kier molecular flexibility index (Phi) is 7.60. The first kappa shape index (κ1) is 24.4. The Morgan fingerprint density at radius 1 is 1.06 bits per heavy atom. The molecule has 0 bridgehead atoms. The number of piperidine rings is 1. The highest BCUT2D eigenvalue weighted by molar-refractivity contribution is 7.19. The van der Waals surface area contributed by atoms with Crippen LogP contribution in [0.2, 0.25) is 0 Å². The van der Waals surface area contributed by atoms with Crippen LogP contribution in [0.3, 0.4) is 0 Å². The zero-order valence-electron chi connectivity index (χ0n) is 20.3. The third-order valence-corrected chi connectivity index (χ3v) is 7.39. The number of imidazole rings is 1. The van der Waals surface area contributed by atoms with Gasteiger partial charge < -0.3 is 19.5 Å². The van der Waals surface area contributed by atoms with Gasteiger partial charge in [-0.3, -0.25) is 0 Å². The molecule has 4 aromatic rings. The van der Waals surface area contributed by atoms with Gasteiger partial charge in [0.1, 0.15) is 11.2 Å². The molecular formula is C27H30N4O4S. The highest BCUT2D eigenvalue weighted by Crippen LogP contribution is 2.31. The topological polar surface area (TPSA) is 89.2 Å². The monoisotopic (exact) mass is 506 g/mol. The number of methoxy groups -OCH3 is 1. The molecule has 8 nitrogen and oxygen atoms in total. The Morgan fingerprint density at radius 2 is 1.81 bits per heavy atom. The Balaban J connectivity index is 1.27. The average Bonchev–Trinajstić information content (AvgIpc) is 3.49. The molecule has 0 spiro atoms. The number of fused-ring (bicyclic) bond motifs is 1. The molecule has 1 N–H and O–H groups in total. The van der Waals surface area contributed by atoms with Gasteiger partial charge in [-0.15, -0.1) is 0 Å². The van der Waals surface area contributed by atoms with Crippen molar-refractivity contribution in [2.75, 3.05) is 31.8 Å². The fourth-order valence-corrected chi connectivity index (χ4v) is 5.36. The number of hydrogen-bond acceptors (Lipinski definition) is 7. The van der Waals surface area contributed by atoms with E-state index in [2.05, 4.69) is 29.2 Å². The minimum absolute atomic E-state index is 0.123. The standard InChI is InChI=1S/C27H30N4O4S/c1-34-16-4-5-17-35-24-6-2-3-15-30(24)22-13-11-20(12-14-22)25-29-31-18-23(28-27(31)36-25)19-7-9-21(10-8-19)26(32)33/h7-14,18,24H,2-6,15-17H2,1H3,(H,32,33). The van der Waals surface area contributed by atoms with E-state index in [-0.39, 0.29) is 11.8 Å². The van der Waals surface area contributed by atoms with Gasteiger partial charge in [-0.05, 0) is 68.5 Å². The minimum atomic E-state index is -0.939. The Bertz CT molecular complexity index is 1270. The molecule has 0 radical (unpaired) electrons. The van der Waals surface area contributed by atoms with Gasteiger partial charge in [0.2, 0.25) is 4.96 Å². The normalized spacial score (nSPS) is 16.0. The minimum Gasteiger partial charge on any atom is -0.478 e. The highest BCUT2D eigenvalue weighted by atomic mass is 32.1. The van der Waals surface area contributed by atoms with E-state index in [0.29, 0.717) is 0 Å². The van der Waals surface area contributed by atoms with E-state index in [1.807, 2.05) is 6.20 Å². The number of carboxylic acid groups (broad SMARTS) is 1. The molecule has 2 aromatic carbocycles. The number of rotatable bonds is 10. The van der Waals surface area contributed by atoms with Crippen LogP contribution in [-0.4, -0.2) is 58.8 Å². The Hall–Kier alpha value is -3.27. The molecule has 9 heteroatoms. The molecule has 1 atom stereocenters. The molecule has 0 aliphatic carbocycles. The molecule has 2 aromatic heterocycles. The van der Waals surface area contributed by atoms with Crippen LogP contribution in [0.4, 0.5) is 5.69 Å². The van der Waals surface area contributed by atoms with E-state index in [4.69, 9.17) is 24.7 Å². The van der Waals surface area contributed by atoms with Gasteiger partial charge >= 0.3 is 5.97 Å². The summed E-state index contributed by atoms with van der Waals surface area (Å²) < 4.78 is 13.1. The third-order valence-electron chi connectivity index (χ3n) is 6.42. The number of aromatic carboxylic acids is 1. The summed E-state index contributed by atoms with van der Waals surface area (Å²) in [5.41, 5.74) is 4.11. The molecule has 188 valence electrons. The molecule has 1 fully saturated rings. The first-order valence-electron chi connectivity index (χ1n) is 12.3. The summed E-state index contributed by atoms with van der Waals surface area (Å²) in [6.45, 7) is 2.54. The number of nitrogens with zero attached hydrogens (tertiary/aromatic N) is 4. The number of ether oxygens (including phenoxy) is 2. The van der Waals surface area contributed by atoms with E-state index in [1.54, 1.807) is 35.9 Å². The lowest BCUT2D eigenvalue weighted by Crippen LogP contribution is -2.41. The summed E-state index contributed by atoms with van der Waals surface area (Å²) >= 11 is 1.53. The van der Waals surface area contributed by atoms with Crippen molar-refractivity contribution in [3.8, 4) is 21.8 Å². The third kappa shape index (κ3) is 5.43. The second-order valence-corrected chi connectivity index (χ2v) is 9.86. The lowest BCUT2D eigenvalue weighted by molar-refractivity contribution is 0.0299. The second-order valence-electron chi connectivity index (χ2n) is 8.90. The van der Waals surface area contributed by atoms with Crippen molar-refractivity contribution < 1.29 is 19.4 Å². The van der Waals surface area contributed by atoms with Crippen molar-refractivity contribution >= 4 is 28.0 Å². The van der Waals surface area contributed by atoms with Crippen molar-refractivity contribution in [3.63, 3.8) is 0 Å². The van der Waals surface area contributed by atoms with Crippen molar-refractivity contribution in [1.82, 2.24) is 14.6 Å². The van der Waals surface area contributed by atoms with Crippen molar-refractivity contribution in [1.29, 1.82) is 0 Å². The van der Waals surface area contributed by atoms with Crippen LogP contribution in [-0.2, 0) is 9.47 Å².